The molecule has 0 rings (SSSR count). The minimum Gasteiger partial charge on any atom is -0.394 e. The van der Waals surface area contributed by atoms with E-state index in [1.807, 2.05) is 0 Å². The molecule has 1 unspecified atom stereocenters. The Balaban J connectivity index is 5.26. The van der Waals surface area contributed by atoms with Crippen LogP contribution in [0.1, 0.15) is 41.5 Å². The second-order valence-electron chi connectivity index (χ2n) is 5.46. The highest BCUT2D eigenvalue weighted by Gasteiger charge is 2.41. The third-order valence-corrected chi connectivity index (χ3v) is 9.85. The lowest BCUT2D eigenvalue weighted by molar-refractivity contribution is 0.287. The summed E-state index contributed by atoms with van der Waals surface area (Å²) in [5.74, 6) is 3.06. The Morgan fingerprint density at radius 2 is 1.38 bits per heavy atom. The van der Waals surface area contributed by atoms with Crippen LogP contribution in [0, 0.1) is 11.5 Å². The van der Waals surface area contributed by atoms with Crippen molar-refractivity contribution < 1.29 is 5.11 Å². The van der Waals surface area contributed by atoms with Crippen LogP contribution in [0.5, 0.6) is 0 Å². The third kappa shape index (κ3) is 3.34. The molecule has 0 aliphatic heterocycles. The van der Waals surface area contributed by atoms with Crippen molar-refractivity contribution in [2.24, 2.45) is 5.73 Å². The first-order chi connectivity index (χ1) is 7.28. The summed E-state index contributed by atoms with van der Waals surface area (Å²) >= 11 is 0. The SMILES string of the molecule is CC(C)[Si](C#CC(N)CO)(C(C)C)C(C)C. The van der Waals surface area contributed by atoms with Crippen LogP contribution in [0.25, 0.3) is 0 Å². The maximum absolute atomic E-state index is 8.94. The number of hydrogen-bond donors (Lipinski definition) is 2. The van der Waals surface area contributed by atoms with E-state index in [1.54, 1.807) is 0 Å². The second-order valence-corrected chi connectivity index (χ2v) is 11.0. The van der Waals surface area contributed by atoms with E-state index in [9.17, 15) is 0 Å². The minimum atomic E-state index is -1.66. The molecule has 0 aliphatic carbocycles. The van der Waals surface area contributed by atoms with E-state index >= 15 is 0 Å². The summed E-state index contributed by atoms with van der Waals surface area (Å²) in [6.45, 7) is 13.6. The first-order valence-electron chi connectivity index (χ1n) is 6.18. The molecule has 16 heavy (non-hydrogen) atoms. The summed E-state index contributed by atoms with van der Waals surface area (Å²) in [6, 6.07) is -0.386. The Morgan fingerprint density at radius 1 is 1.00 bits per heavy atom. The van der Waals surface area contributed by atoms with Crippen molar-refractivity contribution in [2.75, 3.05) is 6.61 Å². The van der Waals surface area contributed by atoms with Gasteiger partial charge in [0.2, 0.25) is 0 Å². The number of aliphatic hydroxyl groups excluding tert-OH is 1. The minimum absolute atomic E-state index is 0.0498. The van der Waals surface area contributed by atoms with Crippen molar-refractivity contribution in [1.82, 2.24) is 0 Å². The van der Waals surface area contributed by atoms with E-state index in [2.05, 4.69) is 53.0 Å². The molecule has 0 spiro atoms. The Hall–Kier alpha value is -0.303. The molecule has 0 aromatic heterocycles. The van der Waals surface area contributed by atoms with Gasteiger partial charge in [-0.1, -0.05) is 47.5 Å². The predicted molar refractivity (Wildman–Crippen MR) is 73.9 cm³/mol. The summed E-state index contributed by atoms with van der Waals surface area (Å²) in [4.78, 5) is 0. The van der Waals surface area contributed by atoms with E-state index in [0.29, 0.717) is 16.6 Å². The molecule has 94 valence electrons. The quantitative estimate of drug-likeness (QED) is 0.587. The van der Waals surface area contributed by atoms with Crippen molar-refractivity contribution in [3.8, 4) is 11.5 Å². The lowest BCUT2D eigenvalue weighted by Crippen LogP contribution is -2.43. The molecule has 0 heterocycles. The van der Waals surface area contributed by atoms with Gasteiger partial charge in [-0.15, -0.1) is 5.54 Å². The smallest absolute Gasteiger partial charge is 0.146 e. The first kappa shape index (κ1) is 15.7. The maximum Gasteiger partial charge on any atom is 0.146 e. The molecule has 0 amide bonds. The van der Waals surface area contributed by atoms with Crippen molar-refractivity contribution in [3.63, 3.8) is 0 Å². The van der Waals surface area contributed by atoms with E-state index in [0.717, 1.165) is 0 Å². The van der Waals surface area contributed by atoms with Gasteiger partial charge in [-0.3, -0.25) is 0 Å². The average molecular weight is 241 g/mol. The average Bonchev–Trinajstić information content (AvgIpc) is 2.16. The lowest BCUT2D eigenvalue weighted by atomic mass is 10.4. The lowest BCUT2D eigenvalue weighted by Gasteiger charge is -2.38. The number of aliphatic hydroxyl groups is 1. The molecular weight excluding hydrogens is 214 g/mol. The van der Waals surface area contributed by atoms with E-state index < -0.39 is 8.07 Å². The van der Waals surface area contributed by atoms with Crippen LogP contribution < -0.4 is 5.73 Å². The maximum atomic E-state index is 8.94. The highest BCUT2D eigenvalue weighted by Crippen LogP contribution is 2.40. The zero-order chi connectivity index (χ0) is 12.9. The highest BCUT2D eigenvalue weighted by molar-refractivity contribution is 6.90. The molecule has 0 saturated heterocycles. The molecule has 3 N–H and O–H groups in total. The molecule has 0 aromatic rings. The van der Waals surface area contributed by atoms with E-state index in [1.165, 1.54) is 0 Å². The second kappa shape index (κ2) is 6.44. The summed E-state index contributed by atoms with van der Waals surface area (Å²) < 4.78 is 0. The highest BCUT2D eigenvalue weighted by atomic mass is 28.3. The molecule has 0 fully saturated rings. The summed E-state index contributed by atoms with van der Waals surface area (Å²) in [5.41, 5.74) is 11.0. The van der Waals surface area contributed by atoms with Gasteiger partial charge >= 0.3 is 0 Å². The van der Waals surface area contributed by atoms with Gasteiger partial charge < -0.3 is 10.8 Å². The Bertz CT molecular complexity index is 241. The standard InChI is InChI=1S/C13H27NOSi/c1-10(2)16(11(3)4,12(5)6)8-7-13(14)9-15/h10-13,15H,9,14H2,1-6H3. The van der Waals surface area contributed by atoms with Gasteiger partial charge in [0, 0.05) is 0 Å². The molecule has 1 atom stereocenters. The van der Waals surface area contributed by atoms with Gasteiger partial charge in [-0.2, -0.15) is 0 Å². The van der Waals surface area contributed by atoms with Gasteiger partial charge in [0.15, 0.2) is 0 Å². The van der Waals surface area contributed by atoms with Crippen LogP contribution >= 0.6 is 0 Å². The van der Waals surface area contributed by atoms with Gasteiger partial charge in [0.25, 0.3) is 0 Å². The Kier molecular flexibility index (Phi) is 6.31. The Labute approximate surface area is 102 Å². The number of hydrogen-bond acceptors (Lipinski definition) is 2. The predicted octanol–water partition coefficient (Wildman–Crippen LogP) is 2.53. The fourth-order valence-corrected chi connectivity index (χ4v) is 8.00. The summed E-state index contributed by atoms with van der Waals surface area (Å²) in [6.07, 6.45) is 0. The molecule has 0 aliphatic rings. The van der Waals surface area contributed by atoms with Gasteiger partial charge in [0.1, 0.15) is 8.07 Å². The molecule has 0 saturated carbocycles. The molecule has 2 nitrogen and oxygen atoms in total. The molecular formula is C13H27NOSi. The monoisotopic (exact) mass is 241 g/mol. The van der Waals surface area contributed by atoms with Crippen LogP contribution in [0.2, 0.25) is 16.6 Å². The fraction of sp³-hybridized carbons (Fsp3) is 0.846. The van der Waals surface area contributed by atoms with Crippen LogP contribution in [0.15, 0.2) is 0 Å². The third-order valence-electron chi connectivity index (χ3n) is 3.54. The molecule has 0 radical (unpaired) electrons. The molecule has 0 aromatic carbocycles. The fourth-order valence-electron chi connectivity index (χ4n) is 2.70. The number of rotatable bonds is 4. The van der Waals surface area contributed by atoms with Crippen molar-refractivity contribution in [2.45, 2.75) is 64.2 Å². The zero-order valence-corrected chi connectivity index (χ0v) is 12.5. The normalized spacial score (nSPS) is 14.2. The summed E-state index contributed by atoms with van der Waals surface area (Å²) in [7, 11) is -1.66. The number of nitrogens with two attached hydrogens (primary N) is 1. The summed E-state index contributed by atoms with van der Waals surface area (Å²) in [5, 5.41) is 8.94. The van der Waals surface area contributed by atoms with Crippen molar-refractivity contribution >= 4 is 8.07 Å². The van der Waals surface area contributed by atoms with Crippen LogP contribution in [0.3, 0.4) is 0 Å². The van der Waals surface area contributed by atoms with Gasteiger partial charge in [-0.25, -0.2) is 0 Å². The van der Waals surface area contributed by atoms with Crippen molar-refractivity contribution in [1.29, 1.82) is 0 Å². The van der Waals surface area contributed by atoms with Gasteiger partial charge in [-0.05, 0) is 16.6 Å². The molecule has 3 heteroatoms. The van der Waals surface area contributed by atoms with E-state index in [-0.39, 0.29) is 12.6 Å². The topological polar surface area (TPSA) is 46.2 Å². The molecule has 0 bridgehead atoms. The van der Waals surface area contributed by atoms with Crippen LogP contribution in [0.4, 0.5) is 0 Å². The Morgan fingerprint density at radius 3 is 1.62 bits per heavy atom. The van der Waals surface area contributed by atoms with Crippen molar-refractivity contribution in [3.05, 3.63) is 0 Å². The van der Waals surface area contributed by atoms with Gasteiger partial charge in [0.05, 0.1) is 12.6 Å². The van der Waals surface area contributed by atoms with Crippen LogP contribution in [-0.2, 0) is 0 Å². The van der Waals surface area contributed by atoms with E-state index in [4.69, 9.17) is 10.8 Å². The first-order valence-corrected chi connectivity index (χ1v) is 8.41. The largest absolute Gasteiger partial charge is 0.394 e. The van der Waals surface area contributed by atoms with Crippen LogP contribution in [-0.4, -0.2) is 25.8 Å². The zero-order valence-electron chi connectivity index (χ0n) is 11.5.